The Hall–Kier alpha value is -2.42. The van der Waals surface area contributed by atoms with Crippen molar-refractivity contribution in [2.75, 3.05) is 7.05 Å². The maximum atomic E-state index is 12.4. The van der Waals surface area contributed by atoms with Gasteiger partial charge in [-0.3, -0.25) is 9.59 Å². The van der Waals surface area contributed by atoms with Crippen LogP contribution in [0.3, 0.4) is 0 Å². The minimum atomic E-state index is -1.78. The van der Waals surface area contributed by atoms with Crippen LogP contribution in [-0.4, -0.2) is 55.9 Å². The Morgan fingerprint density at radius 1 is 1.17 bits per heavy atom. The van der Waals surface area contributed by atoms with Crippen molar-refractivity contribution in [1.82, 2.24) is 5.32 Å². The molecule has 6 N–H and O–H groups in total. The van der Waals surface area contributed by atoms with Crippen LogP contribution in [0.1, 0.15) is 44.9 Å². The minimum Gasteiger partial charge on any atom is -0.507 e. The van der Waals surface area contributed by atoms with Gasteiger partial charge < -0.3 is 30.8 Å². The second-order valence-electron chi connectivity index (χ2n) is 6.26. The van der Waals surface area contributed by atoms with Crippen LogP contribution in [0.5, 0.6) is 11.5 Å². The van der Waals surface area contributed by atoms with E-state index in [9.17, 15) is 35.1 Å². The SMILES string of the molecule is CNC1=CC(=O)c2c(O)c3c(c(O)c2C1=O)C[C@](C)(O)[C@H](O)[C@H]3O. The summed E-state index contributed by atoms with van der Waals surface area (Å²) in [4.78, 5) is 24.7. The molecule has 0 bridgehead atoms. The molecular formula is C16H17NO7. The van der Waals surface area contributed by atoms with Crippen molar-refractivity contribution in [1.29, 1.82) is 0 Å². The van der Waals surface area contributed by atoms with E-state index in [0.29, 0.717) is 0 Å². The smallest absolute Gasteiger partial charge is 0.213 e. The number of nitrogens with one attached hydrogen (secondary N) is 1. The molecule has 1 aromatic rings. The Morgan fingerprint density at radius 2 is 1.79 bits per heavy atom. The number of hydrogen-bond acceptors (Lipinski definition) is 8. The molecule has 0 radical (unpaired) electrons. The zero-order chi connectivity index (χ0) is 18.0. The molecule has 0 aliphatic heterocycles. The number of aliphatic hydroxyl groups excluding tert-OH is 2. The van der Waals surface area contributed by atoms with Crippen LogP contribution in [0.15, 0.2) is 11.8 Å². The van der Waals surface area contributed by atoms with Gasteiger partial charge in [0.1, 0.15) is 23.7 Å². The van der Waals surface area contributed by atoms with Gasteiger partial charge in [0.2, 0.25) is 5.78 Å². The standard InChI is InChI=1S/C16H17NO7/c1-16(24)4-5-8(14(22)15(16)23)13(21)9-7(18)3-6(17-2)12(20)10(9)11(5)19/h3,14-15,17,19,21-24H,4H2,1-2H3/t14-,15+,16-/m0/s1. The summed E-state index contributed by atoms with van der Waals surface area (Å²) in [5.74, 6) is -2.68. The molecule has 1 aromatic carbocycles. The molecule has 128 valence electrons. The Bertz CT molecular complexity index is 809. The first-order chi connectivity index (χ1) is 11.1. The molecule has 0 aromatic heterocycles. The molecule has 0 amide bonds. The van der Waals surface area contributed by atoms with Crippen molar-refractivity contribution < 1.29 is 35.1 Å². The van der Waals surface area contributed by atoms with E-state index in [0.717, 1.165) is 6.08 Å². The van der Waals surface area contributed by atoms with Crippen molar-refractivity contribution >= 4 is 11.6 Å². The Morgan fingerprint density at radius 3 is 2.38 bits per heavy atom. The number of likely N-dealkylation sites (N-methyl/N-ethyl adjacent to an activating group) is 1. The van der Waals surface area contributed by atoms with Gasteiger partial charge in [-0.05, 0) is 6.92 Å². The van der Waals surface area contributed by atoms with Gasteiger partial charge in [-0.2, -0.15) is 0 Å². The van der Waals surface area contributed by atoms with Gasteiger partial charge >= 0.3 is 0 Å². The van der Waals surface area contributed by atoms with Crippen molar-refractivity contribution in [2.24, 2.45) is 0 Å². The number of aromatic hydroxyl groups is 2. The molecule has 0 unspecified atom stereocenters. The fraction of sp³-hybridized carbons (Fsp3) is 0.375. The van der Waals surface area contributed by atoms with E-state index in [4.69, 9.17) is 0 Å². The monoisotopic (exact) mass is 335 g/mol. The van der Waals surface area contributed by atoms with E-state index < -0.39 is 46.4 Å². The lowest BCUT2D eigenvalue weighted by Gasteiger charge is -2.39. The zero-order valence-corrected chi connectivity index (χ0v) is 13.0. The fourth-order valence-corrected chi connectivity index (χ4v) is 3.30. The first kappa shape index (κ1) is 16.4. The molecule has 0 saturated carbocycles. The lowest BCUT2D eigenvalue weighted by Crippen LogP contribution is -2.48. The highest BCUT2D eigenvalue weighted by molar-refractivity contribution is 6.26. The fourth-order valence-electron chi connectivity index (χ4n) is 3.30. The Kier molecular flexibility index (Phi) is 3.45. The quantitative estimate of drug-likeness (QED) is 0.369. The summed E-state index contributed by atoms with van der Waals surface area (Å²) in [6.45, 7) is 1.26. The summed E-state index contributed by atoms with van der Waals surface area (Å²) in [6, 6.07) is 0. The minimum absolute atomic E-state index is 0.0506. The maximum Gasteiger partial charge on any atom is 0.213 e. The van der Waals surface area contributed by atoms with Crippen LogP contribution in [0, 0.1) is 0 Å². The highest BCUT2D eigenvalue weighted by atomic mass is 16.4. The topological polar surface area (TPSA) is 147 Å². The number of Topliss-reactive ketones (excluding diaryl/α,β-unsaturated/α-hetero) is 1. The predicted octanol–water partition coefficient (Wildman–Crippen LogP) is -0.719. The van der Waals surface area contributed by atoms with E-state index in [2.05, 4.69) is 5.32 Å². The lowest BCUT2D eigenvalue weighted by molar-refractivity contribution is -0.126. The highest BCUT2D eigenvalue weighted by Crippen LogP contribution is 2.49. The van der Waals surface area contributed by atoms with Gasteiger partial charge in [0.15, 0.2) is 5.78 Å². The van der Waals surface area contributed by atoms with Gasteiger partial charge in [0.05, 0.1) is 22.4 Å². The summed E-state index contributed by atoms with van der Waals surface area (Å²) in [7, 11) is 1.43. The van der Waals surface area contributed by atoms with Crippen LogP contribution in [0.2, 0.25) is 0 Å². The number of phenolic OH excluding ortho intramolecular Hbond substituents is 2. The molecular weight excluding hydrogens is 318 g/mol. The summed E-state index contributed by atoms with van der Waals surface area (Å²) < 4.78 is 0. The van der Waals surface area contributed by atoms with Crippen LogP contribution in [0.25, 0.3) is 0 Å². The van der Waals surface area contributed by atoms with Crippen molar-refractivity contribution in [3.63, 3.8) is 0 Å². The number of carbonyl (C=O) groups excluding carboxylic acids is 2. The van der Waals surface area contributed by atoms with Crippen molar-refractivity contribution in [2.45, 2.75) is 31.2 Å². The van der Waals surface area contributed by atoms with E-state index in [1.807, 2.05) is 0 Å². The van der Waals surface area contributed by atoms with E-state index in [1.54, 1.807) is 0 Å². The third-order valence-electron chi connectivity index (χ3n) is 4.62. The lowest BCUT2D eigenvalue weighted by atomic mass is 9.73. The van der Waals surface area contributed by atoms with Gasteiger partial charge in [-0.1, -0.05) is 0 Å². The summed E-state index contributed by atoms with van der Waals surface area (Å²) in [6.07, 6.45) is -2.69. The van der Waals surface area contributed by atoms with Crippen LogP contribution < -0.4 is 5.32 Å². The molecule has 8 heteroatoms. The molecule has 0 fully saturated rings. The average molecular weight is 335 g/mol. The van der Waals surface area contributed by atoms with Crippen LogP contribution in [0.4, 0.5) is 0 Å². The first-order valence-corrected chi connectivity index (χ1v) is 7.29. The number of carbonyl (C=O) groups is 2. The van der Waals surface area contributed by atoms with E-state index in [-0.39, 0.29) is 28.8 Å². The number of aliphatic hydroxyl groups is 3. The number of rotatable bonds is 1. The second-order valence-corrected chi connectivity index (χ2v) is 6.26. The number of benzene rings is 1. The Balaban J connectivity index is 2.36. The zero-order valence-electron chi connectivity index (χ0n) is 13.0. The third kappa shape index (κ3) is 1.97. The molecule has 3 rings (SSSR count). The van der Waals surface area contributed by atoms with Crippen molar-refractivity contribution in [3.05, 3.63) is 34.0 Å². The Labute approximate surface area is 136 Å². The number of phenols is 2. The second kappa shape index (κ2) is 5.04. The maximum absolute atomic E-state index is 12.4. The van der Waals surface area contributed by atoms with E-state index in [1.165, 1.54) is 14.0 Å². The van der Waals surface area contributed by atoms with Gasteiger partial charge in [0.25, 0.3) is 0 Å². The van der Waals surface area contributed by atoms with Gasteiger partial charge in [-0.25, -0.2) is 0 Å². The molecule has 2 aliphatic carbocycles. The number of hydrogen-bond donors (Lipinski definition) is 6. The van der Waals surface area contributed by atoms with Crippen molar-refractivity contribution in [3.8, 4) is 11.5 Å². The molecule has 2 aliphatic rings. The van der Waals surface area contributed by atoms with E-state index >= 15 is 0 Å². The van der Waals surface area contributed by atoms with Gasteiger partial charge in [-0.15, -0.1) is 0 Å². The number of fused-ring (bicyclic) bond motifs is 2. The molecule has 8 nitrogen and oxygen atoms in total. The third-order valence-corrected chi connectivity index (χ3v) is 4.62. The molecule has 0 spiro atoms. The predicted molar refractivity (Wildman–Crippen MR) is 80.9 cm³/mol. The van der Waals surface area contributed by atoms with Crippen LogP contribution >= 0.6 is 0 Å². The van der Waals surface area contributed by atoms with Crippen LogP contribution in [-0.2, 0) is 6.42 Å². The molecule has 0 saturated heterocycles. The number of allylic oxidation sites excluding steroid dienone is 2. The van der Waals surface area contributed by atoms with Gasteiger partial charge in [0, 0.05) is 30.7 Å². The normalized spacial score (nSPS) is 29.0. The molecule has 24 heavy (non-hydrogen) atoms. The number of ketones is 2. The molecule has 0 heterocycles. The summed E-state index contributed by atoms with van der Waals surface area (Å²) >= 11 is 0. The highest BCUT2D eigenvalue weighted by Gasteiger charge is 2.47. The largest absolute Gasteiger partial charge is 0.507 e. The first-order valence-electron chi connectivity index (χ1n) is 7.29. The average Bonchev–Trinajstić information content (AvgIpc) is 2.51. The summed E-state index contributed by atoms with van der Waals surface area (Å²) in [5, 5.41) is 53.9. The summed E-state index contributed by atoms with van der Waals surface area (Å²) in [5.41, 5.74) is -2.98. The molecule has 3 atom stereocenters.